The van der Waals surface area contributed by atoms with E-state index in [0.29, 0.717) is 22.9 Å². The number of aryl methyl sites for hydroxylation is 1. The van der Waals surface area contributed by atoms with Crippen LogP contribution >= 0.6 is 11.3 Å². The van der Waals surface area contributed by atoms with Crippen molar-refractivity contribution in [1.82, 2.24) is 4.98 Å². The van der Waals surface area contributed by atoms with Crippen LogP contribution in [-0.2, 0) is 11.2 Å². The minimum absolute atomic E-state index is 0.0120. The smallest absolute Gasteiger partial charge is 0.272 e. The van der Waals surface area contributed by atoms with E-state index in [1.54, 1.807) is 14.0 Å². The van der Waals surface area contributed by atoms with Crippen LogP contribution in [0.1, 0.15) is 21.5 Å². The predicted molar refractivity (Wildman–Crippen MR) is 109 cm³/mol. The Hall–Kier alpha value is -3.10. The Morgan fingerprint density at radius 2 is 2.00 bits per heavy atom. The van der Waals surface area contributed by atoms with Crippen molar-refractivity contribution < 1.29 is 14.5 Å². The standard InChI is InChI=1S/C20H19N3O4S/c1-13-11-16(7-8-18(13)23(25)26)19(24)22-20-21-17(12-28-20)15-5-3-14(4-6-15)9-10-27-2/h3-8,11-12H,9-10H2,1-2H3,(H,21,22,24). The number of carbonyl (C=O) groups excluding carboxylic acids is 1. The maximum Gasteiger partial charge on any atom is 0.272 e. The van der Waals surface area contributed by atoms with Gasteiger partial charge in [-0.3, -0.25) is 20.2 Å². The van der Waals surface area contributed by atoms with Crippen LogP contribution in [0.15, 0.2) is 47.8 Å². The van der Waals surface area contributed by atoms with Gasteiger partial charge in [-0.1, -0.05) is 24.3 Å². The van der Waals surface area contributed by atoms with Crippen molar-refractivity contribution in [1.29, 1.82) is 0 Å². The molecular weight excluding hydrogens is 378 g/mol. The molecule has 1 amide bonds. The number of ether oxygens (including phenoxy) is 1. The Bertz CT molecular complexity index is 999. The molecule has 2 aromatic carbocycles. The molecule has 144 valence electrons. The number of benzene rings is 2. The molecule has 0 atom stereocenters. The van der Waals surface area contributed by atoms with E-state index in [0.717, 1.165) is 17.7 Å². The fourth-order valence-corrected chi connectivity index (χ4v) is 3.41. The van der Waals surface area contributed by atoms with Gasteiger partial charge in [0.1, 0.15) is 0 Å². The van der Waals surface area contributed by atoms with Crippen LogP contribution in [-0.4, -0.2) is 29.5 Å². The van der Waals surface area contributed by atoms with Gasteiger partial charge in [-0.15, -0.1) is 11.3 Å². The number of amides is 1. The molecule has 3 aromatic rings. The van der Waals surface area contributed by atoms with Gasteiger partial charge in [0, 0.05) is 35.2 Å². The zero-order valence-electron chi connectivity index (χ0n) is 15.5. The van der Waals surface area contributed by atoms with Crippen LogP contribution in [0.3, 0.4) is 0 Å². The number of nitrogens with zero attached hydrogens (tertiary/aromatic N) is 2. The number of nitro benzene ring substituents is 1. The Labute approximate surface area is 166 Å². The lowest BCUT2D eigenvalue weighted by atomic mass is 10.1. The first-order chi connectivity index (χ1) is 13.5. The van der Waals surface area contributed by atoms with Crippen molar-refractivity contribution >= 4 is 28.1 Å². The molecule has 1 heterocycles. The van der Waals surface area contributed by atoms with Gasteiger partial charge in [0.05, 0.1) is 17.2 Å². The number of rotatable bonds is 7. The molecule has 0 saturated heterocycles. The molecule has 1 aromatic heterocycles. The monoisotopic (exact) mass is 397 g/mol. The zero-order chi connectivity index (χ0) is 20.1. The first-order valence-electron chi connectivity index (χ1n) is 8.58. The molecule has 0 unspecified atom stereocenters. The van der Waals surface area contributed by atoms with Crippen LogP contribution < -0.4 is 5.32 Å². The number of carbonyl (C=O) groups is 1. The van der Waals surface area contributed by atoms with Gasteiger partial charge in [0.2, 0.25) is 0 Å². The number of thiazole rings is 1. The van der Waals surface area contributed by atoms with Crippen LogP contribution in [0, 0.1) is 17.0 Å². The summed E-state index contributed by atoms with van der Waals surface area (Å²) < 4.78 is 5.08. The average Bonchev–Trinajstić information content (AvgIpc) is 3.14. The van der Waals surface area contributed by atoms with E-state index in [2.05, 4.69) is 10.3 Å². The summed E-state index contributed by atoms with van der Waals surface area (Å²) in [5.41, 5.74) is 3.70. The van der Waals surface area contributed by atoms with E-state index < -0.39 is 4.92 Å². The van der Waals surface area contributed by atoms with Crippen LogP contribution in [0.2, 0.25) is 0 Å². The van der Waals surface area contributed by atoms with Crippen molar-refractivity contribution in [3.8, 4) is 11.3 Å². The first kappa shape index (κ1) is 19.7. The summed E-state index contributed by atoms with van der Waals surface area (Å²) in [6.45, 7) is 2.28. The van der Waals surface area contributed by atoms with Crippen molar-refractivity contribution in [2.24, 2.45) is 0 Å². The molecule has 0 bridgehead atoms. The first-order valence-corrected chi connectivity index (χ1v) is 9.46. The minimum atomic E-state index is -0.468. The maximum atomic E-state index is 12.4. The Morgan fingerprint density at radius 3 is 2.64 bits per heavy atom. The Kier molecular flexibility index (Phi) is 6.13. The van der Waals surface area contributed by atoms with Gasteiger partial charge >= 0.3 is 0 Å². The van der Waals surface area contributed by atoms with Gasteiger partial charge < -0.3 is 4.74 Å². The van der Waals surface area contributed by atoms with Crippen molar-refractivity contribution in [2.75, 3.05) is 19.0 Å². The summed E-state index contributed by atoms with van der Waals surface area (Å²) in [6.07, 6.45) is 0.851. The van der Waals surface area contributed by atoms with Crippen LogP contribution in [0.5, 0.6) is 0 Å². The van der Waals surface area contributed by atoms with E-state index in [1.807, 2.05) is 29.6 Å². The van der Waals surface area contributed by atoms with Gasteiger partial charge in [0.25, 0.3) is 11.6 Å². The molecule has 0 spiro atoms. The van der Waals surface area contributed by atoms with Gasteiger partial charge in [0.15, 0.2) is 5.13 Å². The number of hydrogen-bond acceptors (Lipinski definition) is 6. The number of nitro groups is 1. The molecule has 0 aliphatic carbocycles. The third kappa shape index (κ3) is 4.59. The van der Waals surface area contributed by atoms with Crippen LogP contribution in [0.4, 0.5) is 10.8 Å². The third-order valence-corrected chi connectivity index (χ3v) is 4.98. The van der Waals surface area contributed by atoms with E-state index in [4.69, 9.17) is 4.74 Å². The third-order valence-electron chi connectivity index (χ3n) is 4.22. The number of anilines is 1. The summed E-state index contributed by atoms with van der Waals surface area (Å²) in [5, 5.41) is 16.0. The summed E-state index contributed by atoms with van der Waals surface area (Å²) in [7, 11) is 1.68. The molecule has 0 saturated carbocycles. The predicted octanol–water partition coefficient (Wildman–Crippen LogP) is 4.47. The van der Waals surface area contributed by atoms with Crippen molar-refractivity contribution in [2.45, 2.75) is 13.3 Å². The van der Waals surface area contributed by atoms with Crippen LogP contribution in [0.25, 0.3) is 11.3 Å². The summed E-state index contributed by atoms with van der Waals surface area (Å²) in [6, 6.07) is 12.3. The van der Waals surface area contributed by atoms with E-state index in [9.17, 15) is 14.9 Å². The maximum absolute atomic E-state index is 12.4. The van der Waals surface area contributed by atoms with E-state index >= 15 is 0 Å². The second kappa shape index (κ2) is 8.73. The molecule has 3 rings (SSSR count). The summed E-state index contributed by atoms with van der Waals surface area (Å²) >= 11 is 1.33. The van der Waals surface area contributed by atoms with Gasteiger partial charge in [-0.05, 0) is 31.0 Å². The number of hydrogen-bond donors (Lipinski definition) is 1. The van der Waals surface area contributed by atoms with E-state index in [1.165, 1.54) is 35.1 Å². The summed E-state index contributed by atoms with van der Waals surface area (Å²) in [5.74, 6) is -0.353. The molecule has 0 radical (unpaired) electrons. The lowest BCUT2D eigenvalue weighted by molar-refractivity contribution is -0.385. The number of nitrogens with one attached hydrogen (secondary N) is 1. The zero-order valence-corrected chi connectivity index (χ0v) is 16.3. The lowest BCUT2D eigenvalue weighted by Gasteiger charge is -2.04. The van der Waals surface area contributed by atoms with Crippen molar-refractivity contribution in [3.05, 3.63) is 74.6 Å². The highest BCUT2D eigenvalue weighted by Crippen LogP contribution is 2.26. The Morgan fingerprint density at radius 1 is 1.25 bits per heavy atom. The molecule has 1 N–H and O–H groups in total. The quantitative estimate of drug-likeness (QED) is 0.469. The summed E-state index contributed by atoms with van der Waals surface area (Å²) in [4.78, 5) is 27.3. The molecule has 28 heavy (non-hydrogen) atoms. The number of aromatic nitrogens is 1. The second-order valence-electron chi connectivity index (χ2n) is 6.19. The normalized spacial score (nSPS) is 10.6. The second-order valence-corrected chi connectivity index (χ2v) is 7.05. The fourth-order valence-electron chi connectivity index (χ4n) is 2.70. The lowest BCUT2D eigenvalue weighted by Crippen LogP contribution is -2.12. The molecule has 0 aliphatic heterocycles. The van der Waals surface area contributed by atoms with Gasteiger partial charge in [-0.25, -0.2) is 4.98 Å². The van der Waals surface area contributed by atoms with E-state index in [-0.39, 0.29) is 11.6 Å². The molecule has 8 heteroatoms. The van der Waals surface area contributed by atoms with Gasteiger partial charge in [-0.2, -0.15) is 0 Å². The Balaban J connectivity index is 1.69. The topological polar surface area (TPSA) is 94.4 Å². The molecule has 0 fully saturated rings. The fraction of sp³-hybridized carbons (Fsp3) is 0.200. The SMILES string of the molecule is COCCc1ccc(-c2csc(NC(=O)c3ccc([N+](=O)[O-])c(C)c3)n2)cc1. The highest BCUT2D eigenvalue weighted by atomic mass is 32.1. The molecule has 7 nitrogen and oxygen atoms in total. The number of methoxy groups -OCH3 is 1. The average molecular weight is 397 g/mol. The highest BCUT2D eigenvalue weighted by molar-refractivity contribution is 7.14. The molecule has 0 aliphatic rings. The largest absolute Gasteiger partial charge is 0.384 e. The highest BCUT2D eigenvalue weighted by Gasteiger charge is 2.15. The minimum Gasteiger partial charge on any atom is -0.384 e. The molecular formula is C20H19N3O4S. The van der Waals surface area contributed by atoms with Crippen molar-refractivity contribution in [3.63, 3.8) is 0 Å².